The molecule has 1 heterocycles. The molecule has 1 aromatic rings. The van der Waals surface area contributed by atoms with Crippen LogP contribution in [-0.4, -0.2) is 29.1 Å². The minimum absolute atomic E-state index is 0.112. The van der Waals surface area contributed by atoms with Crippen LogP contribution in [-0.2, 0) is 4.79 Å². The molecule has 20 heavy (non-hydrogen) atoms. The molecule has 1 unspecified atom stereocenters. The molecule has 1 N–H and O–H groups in total. The smallest absolute Gasteiger partial charge is 0.223 e. The van der Waals surface area contributed by atoms with Crippen LogP contribution in [0.15, 0.2) is 24.3 Å². The minimum atomic E-state index is -0.125. The number of rotatable bonds is 2. The number of carbonyl (C=O) groups excluding carboxylic acids is 1. The van der Waals surface area contributed by atoms with Crippen LogP contribution >= 0.6 is 0 Å². The average molecular weight is 271 g/mol. The third-order valence-corrected chi connectivity index (χ3v) is 3.78. The summed E-state index contributed by atoms with van der Waals surface area (Å²) in [5.41, 5.74) is 2.02. The largest absolute Gasteiger partial charge is 0.384 e. The zero-order valence-electron chi connectivity index (χ0n) is 11.9. The second-order valence-corrected chi connectivity index (χ2v) is 5.16. The fraction of sp³-hybridized carbons (Fsp3) is 0.471. The standard InChI is InChI=1S/C17H21NO2/c1-14(18-12-4-2-3-7-17(18)20)16-10-8-15(9-11-16)6-5-13-19/h8-11,14,19H,2-4,7,12-13H2,1H3. The lowest BCUT2D eigenvalue weighted by Crippen LogP contribution is -2.32. The van der Waals surface area contributed by atoms with Crippen molar-refractivity contribution in [3.63, 3.8) is 0 Å². The van der Waals surface area contributed by atoms with Crippen LogP contribution in [0.1, 0.15) is 49.8 Å². The van der Waals surface area contributed by atoms with Crippen LogP contribution in [0.3, 0.4) is 0 Å². The molecule has 1 atom stereocenters. The first-order chi connectivity index (χ1) is 9.72. The topological polar surface area (TPSA) is 40.5 Å². The van der Waals surface area contributed by atoms with Gasteiger partial charge >= 0.3 is 0 Å². The van der Waals surface area contributed by atoms with Crippen molar-refractivity contribution in [2.75, 3.05) is 13.2 Å². The summed E-state index contributed by atoms with van der Waals surface area (Å²) in [6.45, 7) is 2.81. The molecule has 0 radical (unpaired) electrons. The minimum Gasteiger partial charge on any atom is -0.384 e. The molecule has 2 rings (SSSR count). The Morgan fingerprint density at radius 1 is 1.25 bits per heavy atom. The zero-order valence-corrected chi connectivity index (χ0v) is 11.9. The van der Waals surface area contributed by atoms with Crippen LogP contribution in [0.4, 0.5) is 0 Å². The monoisotopic (exact) mass is 271 g/mol. The molecule has 1 amide bonds. The van der Waals surface area contributed by atoms with E-state index in [4.69, 9.17) is 5.11 Å². The fourth-order valence-electron chi connectivity index (χ4n) is 2.58. The molecule has 0 aromatic heterocycles. The van der Waals surface area contributed by atoms with Crippen LogP contribution in [0, 0.1) is 11.8 Å². The van der Waals surface area contributed by atoms with E-state index in [9.17, 15) is 4.79 Å². The van der Waals surface area contributed by atoms with Gasteiger partial charge in [0.2, 0.25) is 5.91 Å². The summed E-state index contributed by atoms with van der Waals surface area (Å²) >= 11 is 0. The summed E-state index contributed by atoms with van der Waals surface area (Å²) in [6.07, 6.45) is 3.92. The number of hydrogen-bond acceptors (Lipinski definition) is 2. The fourth-order valence-corrected chi connectivity index (χ4v) is 2.58. The Labute approximate surface area is 120 Å². The Morgan fingerprint density at radius 2 is 2.00 bits per heavy atom. The van der Waals surface area contributed by atoms with Crippen molar-refractivity contribution in [1.82, 2.24) is 4.90 Å². The molecule has 3 nitrogen and oxygen atoms in total. The molecule has 0 bridgehead atoms. The number of carbonyl (C=O) groups is 1. The highest BCUT2D eigenvalue weighted by Crippen LogP contribution is 2.24. The second-order valence-electron chi connectivity index (χ2n) is 5.16. The third kappa shape index (κ3) is 3.61. The third-order valence-electron chi connectivity index (χ3n) is 3.78. The van der Waals surface area contributed by atoms with E-state index in [1.807, 2.05) is 29.2 Å². The van der Waals surface area contributed by atoms with E-state index in [0.717, 1.165) is 36.9 Å². The van der Waals surface area contributed by atoms with E-state index in [2.05, 4.69) is 18.8 Å². The van der Waals surface area contributed by atoms with E-state index in [-0.39, 0.29) is 18.6 Å². The molecular weight excluding hydrogens is 250 g/mol. The van der Waals surface area contributed by atoms with Crippen molar-refractivity contribution < 1.29 is 9.90 Å². The second kappa shape index (κ2) is 7.12. The molecule has 1 fully saturated rings. The molecule has 3 heteroatoms. The first kappa shape index (κ1) is 14.6. The number of amides is 1. The maximum atomic E-state index is 12.1. The van der Waals surface area contributed by atoms with Crippen molar-refractivity contribution in [2.24, 2.45) is 0 Å². The van der Waals surface area contributed by atoms with Crippen LogP contribution in [0.5, 0.6) is 0 Å². The van der Waals surface area contributed by atoms with Gasteiger partial charge in [-0.05, 0) is 37.5 Å². The van der Waals surface area contributed by atoms with Gasteiger partial charge in [0.15, 0.2) is 0 Å². The highest BCUT2D eigenvalue weighted by Gasteiger charge is 2.22. The van der Waals surface area contributed by atoms with E-state index in [1.54, 1.807) is 0 Å². The molecule has 106 valence electrons. The number of aliphatic hydroxyl groups excluding tert-OH is 1. The quantitative estimate of drug-likeness (QED) is 0.840. The molecule has 0 aliphatic carbocycles. The van der Waals surface area contributed by atoms with Gasteiger partial charge in [-0.25, -0.2) is 0 Å². The maximum absolute atomic E-state index is 12.1. The predicted molar refractivity (Wildman–Crippen MR) is 79.0 cm³/mol. The molecular formula is C17H21NO2. The normalized spacial score (nSPS) is 17.1. The summed E-state index contributed by atoms with van der Waals surface area (Å²) in [6, 6.07) is 8.03. The van der Waals surface area contributed by atoms with Crippen LogP contribution in [0.2, 0.25) is 0 Å². The number of likely N-dealkylation sites (tertiary alicyclic amines) is 1. The van der Waals surface area contributed by atoms with Crippen molar-refractivity contribution in [2.45, 2.75) is 38.6 Å². The Balaban J connectivity index is 2.11. The van der Waals surface area contributed by atoms with Crippen molar-refractivity contribution in [1.29, 1.82) is 0 Å². The Kier molecular flexibility index (Phi) is 5.20. The van der Waals surface area contributed by atoms with E-state index < -0.39 is 0 Å². The molecule has 1 aliphatic rings. The average Bonchev–Trinajstić information content (AvgIpc) is 2.69. The lowest BCUT2D eigenvalue weighted by atomic mass is 10.0. The molecule has 1 saturated heterocycles. The van der Waals surface area contributed by atoms with Crippen molar-refractivity contribution in [3.8, 4) is 11.8 Å². The maximum Gasteiger partial charge on any atom is 0.223 e. The summed E-state index contributed by atoms with van der Waals surface area (Å²) < 4.78 is 0. The lowest BCUT2D eigenvalue weighted by Gasteiger charge is -2.28. The van der Waals surface area contributed by atoms with Crippen molar-refractivity contribution in [3.05, 3.63) is 35.4 Å². The molecule has 0 saturated carbocycles. The van der Waals surface area contributed by atoms with E-state index >= 15 is 0 Å². The van der Waals surface area contributed by atoms with Gasteiger partial charge in [0.25, 0.3) is 0 Å². The Bertz CT molecular complexity index is 510. The number of nitrogens with zero attached hydrogens (tertiary/aromatic N) is 1. The number of aliphatic hydroxyl groups is 1. The van der Waals surface area contributed by atoms with Gasteiger partial charge in [-0.2, -0.15) is 0 Å². The van der Waals surface area contributed by atoms with Crippen LogP contribution < -0.4 is 0 Å². The van der Waals surface area contributed by atoms with Gasteiger partial charge in [-0.1, -0.05) is 30.4 Å². The van der Waals surface area contributed by atoms with Gasteiger partial charge in [0.1, 0.15) is 6.61 Å². The van der Waals surface area contributed by atoms with Gasteiger partial charge < -0.3 is 10.0 Å². The highest BCUT2D eigenvalue weighted by molar-refractivity contribution is 5.76. The Hall–Kier alpha value is -1.79. The van der Waals surface area contributed by atoms with Gasteiger partial charge in [-0.15, -0.1) is 0 Å². The van der Waals surface area contributed by atoms with Gasteiger partial charge in [0, 0.05) is 18.5 Å². The SMILES string of the molecule is CC(c1ccc(C#CCO)cc1)N1CCCCCC1=O. The van der Waals surface area contributed by atoms with Crippen LogP contribution in [0.25, 0.3) is 0 Å². The zero-order chi connectivity index (χ0) is 14.4. The number of benzene rings is 1. The lowest BCUT2D eigenvalue weighted by molar-refractivity contribution is -0.132. The Morgan fingerprint density at radius 3 is 2.70 bits per heavy atom. The molecule has 0 spiro atoms. The summed E-state index contributed by atoms with van der Waals surface area (Å²) in [7, 11) is 0. The highest BCUT2D eigenvalue weighted by atomic mass is 16.2. The first-order valence-electron chi connectivity index (χ1n) is 7.21. The van der Waals surface area contributed by atoms with Gasteiger partial charge in [0.05, 0.1) is 6.04 Å². The molecule has 1 aliphatic heterocycles. The summed E-state index contributed by atoms with van der Waals surface area (Å²) in [4.78, 5) is 14.1. The van der Waals surface area contributed by atoms with E-state index in [1.165, 1.54) is 0 Å². The summed E-state index contributed by atoms with van der Waals surface area (Å²) in [5.74, 6) is 5.77. The van der Waals surface area contributed by atoms with Crippen molar-refractivity contribution >= 4 is 5.91 Å². The number of hydrogen-bond donors (Lipinski definition) is 1. The summed E-state index contributed by atoms with van der Waals surface area (Å²) in [5, 5.41) is 8.68. The predicted octanol–water partition coefficient (Wildman–Crippen LogP) is 2.49. The van der Waals surface area contributed by atoms with Gasteiger partial charge in [-0.3, -0.25) is 4.79 Å². The van der Waals surface area contributed by atoms with E-state index in [0.29, 0.717) is 6.42 Å². The molecule has 1 aromatic carbocycles. The first-order valence-corrected chi connectivity index (χ1v) is 7.21.